The number of hydrogen-bond acceptors (Lipinski definition) is 7. The molecule has 44 heavy (non-hydrogen) atoms. The minimum Gasteiger partial charge on any atom is -0.394 e. The first-order chi connectivity index (χ1) is 21.3. The normalized spacial score (nSPS) is 29.5. The molecule has 3 saturated heterocycles. The lowest BCUT2D eigenvalue weighted by molar-refractivity contribution is -0.150. The van der Waals surface area contributed by atoms with E-state index in [-0.39, 0.29) is 24.4 Å². The van der Waals surface area contributed by atoms with Crippen molar-refractivity contribution in [2.75, 3.05) is 11.9 Å². The molecule has 3 unspecified atom stereocenters. The lowest BCUT2D eigenvalue weighted by Gasteiger charge is -2.37. The van der Waals surface area contributed by atoms with E-state index in [9.17, 15) is 19.5 Å². The standard InChI is InChI=1S/C33H34N6O5/c1-20-17-33-27(26(32(20,2)44-33)29(41)35-22-13-7-4-8-14-22)31(43)39(25(18-40)21-11-5-3-6-12-21)28(33)30(42)34-19-38-24-16-10-9-15-23(24)36-37-38/h3-16,20,25-28,40H,17-19H2,1-2H3,(H,34,42)(H,35,41)/t20?,25-,26-,27+,28?,32+,33?/m1/s1. The predicted octanol–water partition coefficient (Wildman–Crippen LogP) is 2.89. The van der Waals surface area contributed by atoms with Crippen molar-refractivity contribution in [1.29, 1.82) is 0 Å². The number of hydrogen-bond donors (Lipinski definition) is 3. The highest BCUT2D eigenvalue weighted by atomic mass is 16.5. The number of carbonyl (C=O) groups excluding carboxylic acids is 3. The van der Waals surface area contributed by atoms with Crippen LogP contribution in [0.2, 0.25) is 0 Å². The third kappa shape index (κ3) is 4.14. The summed E-state index contributed by atoms with van der Waals surface area (Å²) in [5.41, 5.74) is 0.471. The van der Waals surface area contributed by atoms with Crippen LogP contribution in [-0.4, -0.2) is 66.6 Å². The van der Waals surface area contributed by atoms with Crippen LogP contribution in [0.25, 0.3) is 11.0 Å². The summed E-state index contributed by atoms with van der Waals surface area (Å²) in [6.45, 7) is 3.47. The number of anilines is 1. The molecule has 3 aliphatic heterocycles. The monoisotopic (exact) mass is 594 g/mol. The third-order valence-electron chi connectivity index (χ3n) is 9.84. The molecule has 0 saturated carbocycles. The Kier molecular flexibility index (Phi) is 6.74. The van der Waals surface area contributed by atoms with E-state index >= 15 is 0 Å². The van der Waals surface area contributed by atoms with Gasteiger partial charge in [-0.15, -0.1) is 5.10 Å². The Bertz CT molecular complexity index is 1730. The van der Waals surface area contributed by atoms with E-state index in [1.807, 2.05) is 86.6 Å². The van der Waals surface area contributed by atoms with Gasteiger partial charge in [-0.2, -0.15) is 0 Å². The van der Waals surface area contributed by atoms with Crippen LogP contribution in [-0.2, 0) is 25.8 Å². The van der Waals surface area contributed by atoms with Gasteiger partial charge in [0.2, 0.25) is 17.7 Å². The van der Waals surface area contributed by atoms with Crippen LogP contribution in [0.3, 0.4) is 0 Å². The molecule has 11 nitrogen and oxygen atoms in total. The van der Waals surface area contributed by atoms with Gasteiger partial charge in [-0.05, 0) is 49.1 Å². The van der Waals surface area contributed by atoms with E-state index in [0.29, 0.717) is 23.2 Å². The number of benzene rings is 3. The summed E-state index contributed by atoms with van der Waals surface area (Å²) in [6, 6.07) is 23.7. The van der Waals surface area contributed by atoms with Crippen molar-refractivity contribution >= 4 is 34.4 Å². The van der Waals surface area contributed by atoms with Crippen molar-refractivity contribution in [2.45, 2.75) is 50.2 Å². The van der Waals surface area contributed by atoms with Crippen LogP contribution in [0.15, 0.2) is 84.9 Å². The molecule has 3 aromatic carbocycles. The second-order valence-electron chi connectivity index (χ2n) is 12.2. The second kappa shape index (κ2) is 10.5. The molecule has 226 valence electrons. The SMILES string of the molecule is CC1CC23O[C@]1(C)[C@@H](C(=O)Nc1ccccc1)[C@H]2C(=O)N([C@H](CO)c1ccccc1)C3C(=O)NCn1nnc2ccccc21. The Morgan fingerprint density at radius 1 is 1.02 bits per heavy atom. The Hall–Kier alpha value is -4.61. The molecule has 2 bridgehead atoms. The molecule has 0 aliphatic carbocycles. The number of aromatic nitrogens is 3. The first-order valence-corrected chi connectivity index (χ1v) is 14.9. The van der Waals surface area contributed by atoms with Gasteiger partial charge >= 0.3 is 0 Å². The lowest BCUT2D eigenvalue weighted by atomic mass is 9.62. The number of ether oxygens (including phenoxy) is 1. The molecule has 0 radical (unpaired) electrons. The first-order valence-electron chi connectivity index (χ1n) is 14.9. The van der Waals surface area contributed by atoms with Gasteiger partial charge in [-0.25, -0.2) is 4.68 Å². The Balaban J connectivity index is 1.28. The highest BCUT2D eigenvalue weighted by Crippen LogP contribution is 2.66. The van der Waals surface area contributed by atoms with Crippen molar-refractivity contribution in [3.63, 3.8) is 0 Å². The zero-order valence-corrected chi connectivity index (χ0v) is 24.5. The summed E-state index contributed by atoms with van der Waals surface area (Å²) in [5.74, 6) is -3.07. The maximum Gasteiger partial charge on any atom is 0.247 e. The number of aliphatic hydroxyl groups is 1. The Morgan fingerprint density at radius 2 is 1.70 bits per heavy atom. The number of aliphatic hydroxyl groups excluding tert-OH is 1. The van der Waals surface area contributed by atoms with Crippen LogP contribution in [0, 0.1) is 17.8 Å². The zero-order chi connectivity index (χ0) is 30.6. The molecular weight excluding hydrogens is 560 g/mol. The molecular formula is C33H34N6O5. The van der Waals surface area contributed by atoms with Crippen molar-refractivity contribution in [2.24, 2.45) is 17.8 Å². The largest absolute Gasteiger partial charge is 0.394 e. The third-order valence-corrected chi connectivity index (χ3v) is 9.84. The number of nitrogens with zero attached hydrogens (tertiary/aromatic N) is 4. The van der Waals surface area contributed by atoms with Gasteiger partial charge in [0.05, 0.1) is 35.6 Å². The van der Waals surface area contributed by atoms with E-state index in [1.54, 1.807) is 16.8 Å². The molecule has 3 N–H and O–H groups in total. The van der Waals surface area contributed by atoms with Crippen LogP contribution in [0.1, 0.15) is 31.9 Å². The summed E-state index contributed by atoms with van der Waals surface area (Å²) in [7, 11) is 0. The average molecular weight is 595 g/mol. The van der Waals surface area contributed by atoms with Crippen LogP contribution >= 0.6 is 0 Å². The van der Waals surface area contributed by atoms with Gasteiger partial charge in [0.25, 0.3) is 0 Å². The summed E-state index contributed by atoms with van der Waals surface area (Å²) in [6.07, 6.45) is 0.406. The predicted molar refractivity (Wildman–Crippen MR) is 161 cm³/mol. The minimum absolute atomic E-state index is 0.0124. The summed E-state index contributed by atoms with van der Waals surface area (Å²) in [4.78, 5) is 44.5. The molecule has 1 aromatic heterocycles. The van der Waals surface area contributed by atoms with Crippen molar-refractivity contribution < 1.29 is 24.2 Å². The summed E-state index contributed by atoms with van der Waals surface area (Å²) >= 11 is 0. The van der Waals surface area contributed by atoms with Crippen molar-refractivity contribution in [3.05, 3.63) is 90.5 Å². The molecule has 7 rings (SSSR count). The number of rotatable bonds is 8. The van der Waals surface area contributed by atoms with Crippen molar-refractivity contribution in [3.8, 4) is 0 Å². The molecule has 11 heteroatoms. The molecule has 4 heterocycles. The van der Waals surface area contributed by atoms with E-state index in [4.69, 9.17) is 4.74 Å². The second-order valence-corrected chi connectivity index (χ2v) is 12.2. The van der Waals surface area contributed by atoms with Crippen LogP contribution < -0.4 is 10.6 Å². The number of amides is 3. The molecule has 3 amide bonds. The maximum absolute atomic E-state index is 14.6. The van der Waals surface area contributed by atoms with Crippen molar-refractivity contribution in [1.82, 2.24) is 25.2 Å². The zero-order valence-electron chi connectivity index (χ0n) is 24.5. The fraction of sp³-hybridized carbons (Fsp3) is 0.364. The highest BCUT2D eigenvalue weighted by Gasteiger charge is 2.80. The van der Waals surface area contributed by atoms with E-state index in [1.165, 1.54) is 4.90 Å². The summed E-state index contributed by atoms with van der Waals surface area (Å²) in [5, 5.41) is 25.0. The number of para-hydroxylation sites is 2. The van der Waals surface area contributed by atoms with Gasteiger partial charge in [0, 0.05) is 5.69 Å². The fourth-order valence-electron chi connectivity index (χ4n) is 7.77. The lowest BCUT2D eigenvalue weighted by Crippen LogP contribution is -2.56. The number of nitrogens with one attached hydrogen (secondary N) is 2. The quantitative estimate of drug-likeness (QED) is 0.285. The molecule has 4 aromatic rings. The van der Waals surface area contributed by atoms with Gasteiger partial charge in [-0.1, -0.05) is 72.8 Å². The number of fused-ring (bicyclic) bond motifs is 2. The molecule has 3 aliphatic rings. The Morgan fingerprint density at radius 3 is 2.43 bits per heavy atom. The molecule has 1 spiro atoms. The van der Waals surface area contributed by atoms with Crippen LogP contribution in [0.5, 0.6) is 0 Å². The fourth-order valence-corrected chi connectivity index (χ4v) is 7.77. The first kappa shape index (κ1) is 28.2. The van der Waals surface area contributed by atoms with Gasteiger partial charge in [0.1, 0.15) is 23.8 Å². The van der Waals surface area contributed by atoms with E-state index in [0.717, 1.165) is 5.52 Å². The minimum atomic E-state index is -1.28. The summed E-state index contributed by atoms with van der Waals surface area (Å²) < 4.78 is 8.41. The van der Waals surface area contributed by atoms with E-state index in [2.05, 4.69) is 20.9 Å². The van der Waals surface area contributed by atoms with Gasteiger partial charge < -0.3 is 25.4 Å². The smallest absolute Gasteiger partial charge is 0.247 e. The average Bonchev–Trinajstić information content (AvgIpc) is 3.71. The van der Waals surface area contributed by atoms with Gasteiger partial charge in [-0.3, -0.25) is 14.4 Å². The molecule has 3 fully saturated rings. The maximum atomic E-state index is 14.6. The number of carbonyl (C=O) groups is 3. The topological polar surface area (TPSA) is 139 Å². The van der Waals surface area contributed by atoms with Gasteiger partial charge in [0.15, 0.2) is 0 Å². The highest BCUT2D eigenvalue weighted by molar-refractivity contribution is 6.02. The Labute approximate surface area is 254 Å². The molecule has 7 atom stereocenters. The number of likely N-dealkylation sites (tertiary alicyclic amines) is 1. The van der Waals surface area contributed by atoms with Crippen LogP contribution in [0.4, 0.5) is 5.69 Å². The van der Waals surface area contributed by atoms with E-state index < -0.39 is 47.6 Å².